The molecule has 1 aromatic carbocycles. The average molecular weight is 325 g/mol. The van der Waals surface area contributed by atoms with E-state index < -0.39 is 0 Å². The Balaban J connectivity index is 1.83. The number of nitrogens with one attached hydrogen (secondary N) is 1. The van der Waals surface area contributed by atoms with E-state index in [-0.39, 0.29) is 5.75 Å². The molecule has 0 amide bonds. The third kappa shape index (κ3) is 2.65. The fourth-order valence-corrected chi connectivity index (χ4v) is 4.65. The van der Waals surface area contributed by atoms with Gasteiger partial charge < -0.3 is 10.4 Å². The van der Waals surface area contributed by atoms with E-state index in [1.165, 1.54) is 22.2 Å². The zero-order valence-electron chi connectivity index (χ0n) is 13.3. The van der Waals surface area contributed by atoms with Crippen molar-refractivity contribution in [2.45, 2.75) is 33.1 Å². The molecule has 118 valence electrons. The maximum atomic E-state index is 9.44. The molecule has 2 N–H and O–H groups in total. The van der Waals surface area contributed by atoms with Gasteiger partial charge in [0.25, 0.3) is 0 Å². The molecule has 2 aromatic heterocycles. The van der Waals surface area contributed by atoms with Crippen LogP contribution in [0.5, 0.6) is 5.75 Å². The Morgan fingerprint density at radius 2 is 2.00 bits per heavy atom. The molecule has 0 saturated carbocycles. The maximum Gasteiger partial charge on any atom is 0.143 e. The molecule has 0 spiro atoms. The summed E-state index contributed by atoms with van der Waals surface area (Å²) >= 11 is 1.81. The molecule has 0 saturated heterocycles. The molecule has 1 unspecified atom stereocenters. The van der Waals surface area contributed by atoms with Crippen molar-refractivity contribution in [2.75, 3.05) is 5.32 Å². The summed E-state index contributed by atoms with van der Waals surface area (Å²) in [6.45, 7) is 4.25. The van der Waals surface area contributed by atoms with E-state index >= 15 is 0 Å². The largest absolute Gasteiger partial charge is 0.508 e. The number of nitrogens with zero attached hydrogens (tertiary/aromatic N) is 2. The second-order valence-electron chi connectivity index (χ2n) is 6.32. The quantitative estimate of drug-likeness (QED) is 0.677. The van der Waals surface area contributed by atoms with Crippen molar-refractivity contribution < 1.29 is 5.11 Å². The van der Waals surface area contributed by atoms with Crippen LogP contribution in [0.2, 0.25) is 0 Å². The van der Waals surface area contributed by atoms with E-state index in [9.17, 15) is 5.11 Å². The number of thiophene rings is 1. The number of phenolic OH excluding ortho intramolecular Hbond substituents is 1. The van der Waals surface area contributed by atoms with Crippen LogP contribution in [0.4, 0.5) is 11.5 Å². The molecule has 4 rings (SSSR count). The third-order valence-corrected chi connectivity index (χ3v) is 5.55. The lowest BCUT2D eigenvalue weighted by Crippen LogP contribution is -2.09. The maximum absolute atomic E-state index is 9.44. The summed E-state index contributed by atoms with van der Waals surface area (Å²) in [5, 5.41) is 14.0. The Bertz CT molecular complexity index is 870. The first-order valence-electron chi connectivity index (χ1n) is 7.95. The topological polar surface area (TPSA) is 58.0 Å². The summed E-state index contributed by atoms with van der Waals surface area (Å²) in [5.74, 6) is 2.68. The molecule has 5 heteroatoms. The number of aromatic hydroxyl groups is 1. The summed E-state index contributed by atoms with van der Waals surface area (Å²) in [6, 6.07) is 7.08. The molecule has 1 atom stereocenters. The van der Waals surface area contributed by atoms with Crippen LogP contribution in [-0.4, -0.2) is 15.1 Å². The fourth-order valence-electron chi connectivity index (χ4n) is 3.22. The Kier molecular flexibility index (Phi) is 3.45. The van der Waals surface area contributed by atoms with Crippen molar-refractivity contribution in [2.24, 2.45) is 5.92 Å². The zero-order valence-corrected chi connectivity index (χ0v) is 14.1. The van der Waals surface area contributed by atoms with Gasteiger partial charge in [-0.3, -0.25) is 0 Å². The first-order chi connectivity index (χ1) is 11.1. The number of aromatic nitrogens is 2. The molecule has 3 aromatic rings. The minimum atomic E-state index is 0.265. The Labute approximate surface area is 139 Å². The SMILES string of the molecule is Cc1nc(Nc2ccc(O)cc2)c2c3c(sc2n1)CC(C)CC3. The van der Waals surface area contributed by atoms with E-state index in [2.05, 4.69) is 22.2 Å². The molecule has 0 aliphatic heterocycles. The molecule has 0 radical (unpaired) electrons. The molecule has 23 heavy (non-hydrogen) atoms. The van der Waals surface area contributed by atoms with Crippen molar-refractivity contribution in [1.82, 2.24) is 9.97 Å². The normalized spacial score (nSPS) is 17.2. The summed E-state index contributed by atoms with van der Waals surface area (Å²) in [6.07, 6.45) is 3.48. The highest BCUT2D eigenvalue weighted by atomic mass is 32.1. The molecule has 1 aliphatic carbocycles. The molecule has 0 fully saturated rings. The van der Waals surface area contributed by atoms with Gasteiger partial charge in [0.1, 0.15) is 22.2 Å². The highest BCUT2D eigenvalue weighted by Gasteiger charge is 2.23. The number of aryl methyl sites for hydroxylation is 2. The summed E-state index contributed by atoms with van der Waals surface area (Å²) in [4.78, 5) is 11.8. The summed E-state index contributed by atoms with van der Waals surface area (Å²) in [5.41, 5.74) is 2.34. The highest BCUT2D eigenvalue weighted by Crippen LogP contribution is 2.40. The van der Waals surface area contributed by atoms with Gasteiger partial charge in [0.2, 0.25) is 0 Å². The van der Waals surface area contributed by atoms with Gasteiger partial charge in [-0.2, -0.15) is 0 Å². The second kappa shape index (κ2) is 5.49. The number of benzene rings is 1. The Hall–Kier alpha value is -2.14. The van der Waals surface area contributed by atoms with Crippen LogP contribution in [0.1, 0.15) is 29.6 Å². The van der Waals surface area contributed by atoms with Crippen molar-refractivity contribution in [3.05, 3.63) is 40.5 Å². The molecule has 0 bridgehead atoms. The number of anilines is 2. The lowest BCUT2D eigenvalue weighted by atomic mass is 9.89. The van der Waals surface area contributed by atoms with Gasteiger partial charge in [-0.05, 0) is 61.9 Å². The molecule has 4 nitrogen and oxygen atoms in total. The van der Waals surface area contributed by atoms with Crippen LogP contribution in [0.25, 0.3) is 10.2 Å². The lowest BCUT2D eigenvalue weighted by molar-refractivity contribution is 0.475. The Morgan fingerprint density at radius 1 is 1.22 bits per heavy atom. The Morgan fingerprint density at radius 3 is 2.78 bits per heavy atom. The van der Waals surface area contributed by atoms with Gasteiger partial charge in [-0.25, -0.2) is 9.97 Å². The predicted molar refractivity (Wildman–Crippen MR) is 94.7 cm³/mol. The predicted octanol–water partition coefficient (Wildman–Crippen LogP) is 4.57. The van der Waals surface area contributed by atoms with Gasteiger partial charge in [-0.15, -0.1) is 11.3 Å². The van der Waals surface area contributed by atoms with Crippen LogP contribution < -0.4 is 5.32 Å². The van der Waals surface area contributed by atoms with E-state index in [0.29, 0.717) is 0 Å². The number of rotatable bonds is 2. The van der Waals surface area contributed by atoms with Crippen molar-refractivity contribution in [1.29, 1.82) is 0 Å². The molecule has 2 heterocycles. The lowest BCUT2D eigenvalue weighted by Gasteiger charge is -2.18. The molecular weight excluding hydrogens is 306 g/mol. The van der Waals surface area contributed by atoms with Crippen LogP contribution in [0.3, 0.4) is 0 Å². The number of fused-ring (bicyclic) bond motifs is 3. The number of hydrogen-bond donors (Lipinski definition) is 2. The van der Waals surface area contributed by atoms with Gasteiger partial charge in [0.15, 0.2) is 0 Å². The van der Waals surface area contributed by atoms with Gasteiger partial charge >= 0.3 is 0 Å². The van der Waals surface area contributed by atoms with Gasteiger partial charge in [0.05, 0.1) is 5.39 Å². The molecular formula is C18H19N3OS. The summed E-state index contributed by atoms with van der Waals surface area (Å²) < 4.78 is 0. The zero-order chi connectivity index (χ0) is 16.0. The summed E-state index contributed by atoms with van der Waals surface area (Å²) in [7, 11) is 0. The van der Waals surface area contributed by atoms with Crippen LogP contribution in [0.15, 0.2) is 24.3 Å². The second-order valence-corrected chi connectivity index (χ2v) is 7.41. The first kappa shape index (κ1) is 14.5. The number of phenols is 1. The minimum Gasteiger partial charge on any atom is -0.508 e. The van der Waals surface area contributed by atoms with Crippen molar-refractivity contribution in [3.63, 3.8) is 0 Å². The van der Waals surface area contributed by atoms with Gasteiger partial charge in [0, 0.05) is 10.6 Å². The van der Waals surface area contributed by atoms with Crippen LogP contribution in [0, 0.1) is 12.8 Å². The van der Waals surface area contributed by atoms with E-state index in [1.807, 2.05) is 30.4 Å². The van der Waals surface area contributed by atoms with Gasteiger partial charge in [-0.1, -0.05) is 6.92 Å². The van der Waals surface area contributed by atoms with Crippen molar-refractivity contribution in [3.8, 4) is 5.75 Å². The van der Waals surface area contributed by atoms with E-state index in [4.69, 9.17) is 0 Å². The van der Waals surface area contributed by atoms with Crippen molar-refractivity contribution >= 4 is 33.1 Å². The average Bonchev–Trinajstić information content (AvgIpc) is 2.86. The first-order valence-corrected chi connectivity index (χ1v) is 8.77. The van der Waals surface area contributed by atoms with Crippen LogP contribution >= 0.6 is 11.3 Å². The van der Waals surface area contributed by atoms with E-state index in [1.54, 1.807) is 12.1 Å². The smallest absolute Gasteiger partial charge is 0.143 e. The standard InChI is InChI=1S/C18H19N3OS/c1-10-3-8-14-15(9-10)23-18-16(14)17(19-11(2)20-18)21-12-4-6-13(22)7-5-12/h4-7,10,22H,3,8-9H2,1-2H3,(H,19,20,21). The monoisotopic (exact) mass is 325 g/mol. The van der Waals surface area contributed by atoms with E-state index in [0.717, 1.165) is 40.9 Å². The van der Waals surface area contributed by atoms with Crippen LogP contribution in [-0.2, 0) is 12.8 Å². The minimum absolute atomic E-state index is 0.265. The number of hydrogen-bond acceptors (Lipinski definition) is 5. The fraction of sp³-hybridized carbons (Fsp3) is 0.333. The molecule has 1 aliphatic rings. The third-order valence-electron chi connectivity index (χ3n) is 4.40. The highest BCUT2D eigenvalue weighted by molar-refractivity contribution is 7.19.